The van der Waals surface area contributed by atoms with Crippen molar-refractivity contribution >= 4 is 0 Å². The standard InChI is InChI=1S/C12H22N2/c13-7-10-3-6-14(8-10)9-12(4-5-12)11-1-2-11/h10-11H,1-9,13H2. The maximum atomic E-state index is 5.72. The van der Waals surface area contributed by atoms with Crippen molar-refractivity contribution in [2.75, 3.05) is 26.2 Å². The van der Waals surface area contributed by atoms with Crippen LogP contribution >= 0.6 is 0 Å². The van der Waals surface area contributed by atoms with Crippen molar-refractivity contribution in [3.63, 3.8) is 0 Å². The first kappa shape index (κ1) is 9.17. The Balaban J connectivity index is 1.53. The summed E-state index contributed by atoms with van der Waals surface area (Å²) in [7, 11) is 0. The Labute approximate surface area is 86.8 Å². The van der Waals surface area contributed by atoms with Gasteiger partial charge in [-0.15, -0.1) is 0 Å². The average molecular weight is 194 g/mol. The van der Waals surface area contributed by atoms with Crippen molar-refractivity contribution in [3.05, 3.63) is 0 Å². The number of nitrogens with zero attached hydrogens (tertiary/aromatic N) is 1. The molecular formula is C12H22N2. The van der Waals surface area contributed by atoms with Gasteiger partial charge in [0.1, 0.15) is 0 Å². The highest BCUT2D eigenvalue weighted by molar-refractivity contribution is 5.05. The van der Waals surface area contributed by atoms with Crippen LogP contribution in [0.15, 0.2) is 0 Å². The van der Waals surface area contributed by atoms with Crippen molar-refractivity contribution in [1.82, 2.24) is 4.90 Å². The Morgan fingerprint density at radius 1 is 1.21 bits per heavy atom. The van der Waals surface area contributed by atoms with E-state index >= 15 is 0 Å². The molecule has 0 radical (unpaired) electrons. The van der Waals surface area contributed by atoms with Crippen LogP contribution in [-0.4, -0.2) is 31.1 Å². The molecule has 1 aliphatic heterocycles. The molecule has 0 aromatic heterocycles. The van der Waals surface area contributed by atoms with E-state index in [2.05, 4.69) is 4.90 Å². The monoisotopic (exact) mass is 194 g/mol. The highest BCUT2D eigenvalue weighted by atomic mass is 15.2. The van der Waals surface area contributed by atoms with Gasteiger partial charge in [-0.1, -0.05) is 0 Å². The van der Waals surface area contributed by atoms with Crippen molar-refractivity contribution in [3.8, 4) is 0 Å². The van der Waals surface area contributed by atoms with Crippen LogP contribution in [0.3, 0.4) is 0 Å². The van der Waals surface area contributed by atoms with Gasteiger partial charge in [-0.2, -0.15) is 0 Å². The van der Waals surface area contributed by atoms with Crippen molar-refractivity contribution in [2.24, 2.45) is 23.0 Å². The smallest absolute Gasteiger partial charge is 0.00408 e. The van der Waals surface area contributed by atoms with Crippen LogP contribution in [0.4, 0.5) is 0 Å². The molecule has 0 amide bonds. The van der Waals surface area contributed by atoms with Gasteiger partial charge >= 0.3 is 0 Å². The van der Waals surface area contributed by atoms with E-state index in [-0.39, 0.29) is 0 Å². The fraction of sp³-hybridized carbons (Fsp3) is 1.00. The number of likely N-dealkylation sites (tertiary alicyclic amines) is 1. The SMILES string of the molecule is NCC1CCN(CC2(C3CC3)CC2)C1. The molecule has 0 aromatic rings. The molecule has 80 valence electrons. The lowest BCUT2D eigenvalue weighted by atomic mass is 10.00. The van der Waals surface area contributed by atoms with Crippen LogP contribution < -0.4 is 5.73 Å². The van der Waals surface area contributed by atoms with Gasteiger partial charge in [-0.05, 0) is 62.4 Å². The van der Waals surface area contributed by atoms with Gasteiger partial charge in [-0.25, -0.2) is 0 Å². The molecule has 2 nitrogen and oxygen atoms in total. The third-order valence-electron chi connectivity index (χ3n) is 4.58. The molecule has 0 spiro atoms. The minimum atomic E-state index is 0.795. The highest BCUT2D eigenvalue weighted by Crippen LogP contribution is 2.61. The Hall–Kier alpha value is -0.0800. The molecule has 2 heteroatoms. The van der Waals surface area contributed by atoms with Crippen molar-refractivity contribution in [2.45, 2.75) is 32.1 Å². The summed E-state index contributed by atoms with van der Waals surface area (Å²) in [5.41, 5.74) is 6.52. The fourth-order valence-electron chi connectivity index (χ4n) is 3.25. The van der Waals surface area contributed by atoms with E-state index in [4.69, 9.17) is 5.73 Å². The molecule has 2 saturated carbocycles. The van der Waals surface area contributed by atoms with E-state index in [1.165, 1.54) is 51.7 Å². The van der Waals surface area contributed by atoms with E-state index in [1.807, 2.05) is 0 Å². The zero-order chi connectivity index (χ0) is 9.60. The Kier molecular flexibility index (Phi) is 2.10. The molecule has 0 aromatic carbocycles. The van der Waals surface area contributed by atoms with Gasteiger partial charge in [0.15, 0.2) is 0 Å². The topological polar surface area (TPSA) is 29.3 Å². The zero-order valence-electron chi connectivity index (χ0n) is 9.04. The quantitative estimate of drug-likeness (QED) is 0.734. The molecule has 1 saturated heterocycles. The molecule has 3 rings (SSSR count). The summed E-state index contributed by atoms with van der Waals surface area (Å²) in [4.78, 5) is 2.68. The number of nitrogens with two attached hydrogens (primary N) is 1. The molecule has 2 N–H and O–H groups in total. The third-order valence-corrected chi connectivity index (χ3v) is 4.58. The first-order valence-electron chi connectivity index (χ1n) is 6.25. The molecule has 3 fully saturated rings. The number of rotatable bonds is 4. The molecule has 1 heterocycles. The summed E-state index contributed by atoms with van der Waals surface area (Å²) in [6, 6.07) is 0. The maximum absolute atomic E-state index is 5.72. The Morgan fingerprint density at radius 2 is 2.00 bits per heavy atom. The number of hydrogen-bond donors (Lipinski definition) is 1. The van der Waals surface area contributed by atoms with Crippen LogP contribution in [0.25, 0.3) is 0 Å². The predicted molar refractivity (Wildman–Crippen MR) is 58.0 cm³/mol. The third kappa shape index (κ3) is 1.59. The Morgan fingerprint density at radius 3 is 2.50 bits per heavy atom. The minimum absolute atomic E-state index is 0.795. The van der Waals surface area contributed by atoms with Gasteiger partial charge in [0, 0.05) is 13.1 Å². The molecule has 14 heavy (non-hydrogen) atoms. The van der Waals surface area contributed by atoms with E-state index < -0.39 is 0 Å². The van der Waals surface area contributed by atoms with Crippen LogP contribution in [0.1, 0.15) is 32.1 Å². The normalized spacial score (nSPS) is 36.2. The lowest BCUT2D eigenvalue weighted by Crippen LogP contribution is -2.30. The zero-order valence-corrected chi connectivity index (χ0v) is 9.04. The van der Waals surface area contributed by atoms with Crippen LogP contribution in [0, 0.1) is 17.3 Å². The van der Waals surface area contributed by atoms with Crippen LogP contribution in [-0.2, 0) is 0 Å². The van der Waals surface area contributed by atoms with Gasteiger partial charge in [0.25, 0.3) is 0 Å². The van der Waals surface area contributed by atoms with E-state index in [9.17, 15) is 0 Å². The largest absolute Gasteiger partial charge is 0.330 e. The summed E-state index contributed by atoms with van der Waals surface area (Å²) >= 11 is 0. The first-order valence-corrected chi connectivity index (χ1v) is 6.25. The highest BCUT2D eigenvalue weighted by Gasteiger charge is 2.54. The maximum Gasteiger partial charge on any atom is 0.00408 e. The van der Waals surface area contributed by atoms with E-state index in [1.54, 1.807) is 0 Å². The number of hydrogen-bond acceptors (Lipinski definition) is 2. The lowest BCUT2D eigenvalue weighted by Gasteiger charge is -2.23. The van der Waals surface area contributed by atoms with E-state index in [0.29, 0.717) is 0 Å². The molecule has 1 atom stereocenters. The van der Waals surface area contributed by atoms with Gasteiger partial charge in [-0.3, -0.25) is 0 Å². The fourth-order valence-corrected chi connectivity index (χ4v) is 3.25. The summed E-state index contributed by atoms with van der Waals surface area (Å²) in [6.07, 6.45) is 7.42. The summed E-state index contributed by atoms with van der Waals surface area (Å²) in [6.45, 7) is 4.89. The molecule has 0 bridgehead atoms. The van der Waals surface area contributed by atoms with Crippen LogP contribution in [0.5, 0.6) is 0 Å². The molecule has 2 aliphatic carbocycles. The molecule has 1 unspecified atom stereocenters. The molecular weight excluding hydrogens is 172 g/mol. The molecule has 3 aliphatic rings. The Bertz CT molecular complexity index is 218. The van der Waals surface area contributed by atoms with Crippen molar-refractivity contribution < 1.29 is 0 Å². The summed E-state index contributed by atoms with van der Waals surface area (Å²) in [5, 5.41) is 0. The predicted octanol–water partition coefficient (Wildman–Crippen LogP) is 1.46. The van der Waals surface area contributed by atoms with E-state index in [0.717, 1.165) is 23.8 Å². The van der Waals surface area contributed by atoms with Crippen LogP contribution in [0.2, 0.25) is 0 Å². The summed E-state index contributed by atoms with van der Waals surface area (Å²) in [5.74, 6) is 1.91. The first-order chi connectivity index (χ1) is 6.82. The van der Waals surface area contributed by atoms with Gasteiger partial charge < -0.3 is 10.6 Å². The average Bonchev–Trinajstić information content (AvgIpc) is 3.05. The minimum Gasteiger partial charge on any atom is -0.330 e. The second-order valence-corrected chi connectivity index (χ2v) is 5.76. The summed E-state index contributed by atoms with van der Waals surface area (Å²) < 4.78 is 0. The second kappa shape index (κ2) is 3.21. The van der Waals surface area contributed by atoms with Crippen molar-refractivity contribution in [1.29, 1.82) is 0 Å². The lowest BCUT2D eigenvalue weighted by molar-refractivity contribution is 0.237. The van der Waals surface area contributed by atoms with Gasteiger partial charge in [0.2, 0.25) is 0 Å². The second-order valence-electron chi connectivity index (χ2n) is 5.76. The van der Waals surface area contributed by atoms with Gasteiger partial charge in [0.05, 0.1) is 0 Å².